The highest BCUT2D eigenvalue weighted by Gasteiger charge is 2.34. The van der Waals surface area contributed by atoms with Crippen molar-refractivity contribution in [1.29, 1.82) is 0 Å². The lowest BCUT2D eigenvalue weighted by atomic mass is 9.93. The number of nitrogens with zero attached hydrogens (tertiary/aromatic N) is 2. The summed E-state index contributed by atoms with van der Waals surface area (Å²) >= 11 is 0. The normalized spacial score (nSPS) is 21.5. The van der Waals surface area contributed by atoms with Gasteiger partial charge in [-0.1, -0.05) is 18.2 Å². The zero-order chi connectivity index (χ0) is 17.7. The van der Waals surface area contributed by atoms with E-state index in [9.17, 15) is 9.59 Å². The van der Waals surface area contributed by atoms with Crippen LogP contribution in [-0.4, -0.2) is 34.7 Å². The smallest absolute Gasteiger partial charge is 0.225 e. The number of amides is 1. The fourth-order valence-electron chi connectivity index (χ4n) is 4.08. The molecule has 2 saturated carbocycles. The number of Topliss-reactive ketones (excluding diaryl/α,β-unsaturated/α-hetero) is 1. The molecule has 1 aromatic rings. The lowest BCUT2D eigenvalue weighted by Crippen LogP contribution is -2.35. The van der Waals surface area contributed by atoms with Gasteiger partial charge in [0.2, 0.25) is 5.91 Å². The van der Waals surface area contributed by atoms with Gasteiger partial charge in [0.25, 0.3) is 0 Å². The monoisotopic (exact) mass is 348 g/mol. The summed E-state index contributed by atoms with van der Waals surface area (Å²) in [6.45, 7) is 1.51. The Morgan fingerprint density at radius 1 is 1.15 bits per heavy atom. The zero-order valence-electron chi connectivity index (χ0n) is 15.0. The maximum absolute atomic E-state index is 12.3. The van der Waals surface area contributed by atoms with Crippen LogP contribution in [0.4, 0.5) is 0 Å². The van der Waals surface area contributed by atoms with Crippen molar-refractivity contribution < 1.29 is 9.59 Å². The van der Waals surface area contributed by atoms with Crippen molar-refractivity contribution in [3.63, 3.8) is 0 Å². The van der Waals surface area contributed by atoms with Crippen molar-refractivity contribution in [2.45, 2.75) is 44.9 Å². The molecule has 1 aliphatic heterocycles. The summed E-state index contributed by atoms with van der Waals surface area (Å²) in [4.78, 5) is 31.3. The van der Waals surface area contributed by atoms with Gasteiger partial charge in [-0.05, 0) is 49.3 Å². The number of pyridine rings is 1. The highest BCUT2D eigenvalue weighted by molar-refractivity contribution is 5.86. The van der Waals surface area contributed by atoms with E-state index in [4.69, 9.17) is 4.98 Å². The maximum Gasteiger partial charge on any atom is 0.225 e. The molecule has 2 fully saturated rings. The van der Waals surface area contributed by atoms with Crippen LogP contribution in [0.3, 0.4) is 0 Å². The number of hydrogen-bond donors (Lipinski definition) is 0. The Labute approximate surface area is 154 Å². The summed E-state index contributed by atoms with van der Waals surface area (Å²) in [5, 5.41) is 0. The van der Waals surface area contributed by atoms with Gasteiger partial charge < -0.3 is 4.90 Å². The van der Waals surface area contributed by atoms with E-state index in [1.165, 1.54) is 16.7 Å². The average Bonchev–Trinajstić information content (AvgIpc) is 3.57. The molecule has 134 valence electrons. The number of fused-ring (bicyclic) bond motifs is 1. The standard InChI is InChI=1S/C22H24N2O2/c25-21(15-4-5-15)13-17-12-19(18-2-1-3-20(18)23-17)14-8-10-24(11-9-14)22(26)16-6-7-16/h1-2,8,12,15-16H,3-7,9-11,13H2. The molecule has 0 atom stereocenters. The van der Waals surface area contributed by atoms with E-state index < -0.39 is 0 Å². The van der Waals surface area contributed by atoms with Crippen LogP contribution >= 0.6 is 0 Å². The molecule has 0 aromatic carbocycles. The molecular weight excluding hydrogens is 324 g/mol. The van der Waals surface area contributed by atoms with E-state index in [0.29, 0.717) is 24.7 Å². The number of carbonyl (C=O) groups excluding carboxylic acids is 2. The third-order valence-electron chi connectivity index (χ3n) is 5.97. The summed E-state index contributed by atoms with van der Waals surface area (Å²) in [6.07, 6.45) is 12.9. The molecule has 3 aliphatic carbocycles. The fourth-order valence-corrected chi connectivity index (χ4v) is 4.08. The van der Waals surface area contributed by atoms with Gasteiger partial charge in [-0.2, -0.15) is 0 Å². The summed E-state index contributed by atoms with van der Waals surface area (Å²) < 4.78 is 0. The number of ketones is 1. The van der Waals surface area contributed by atoms with Gasteiger partial charge >= 0.3 is 0 Å². The van der Waals surface area contributed by atoms with E-state index >= 15 is 0 Å². The van der Waals surface area contributed by atoms with E-state index in [0.717, 1.165) is 56.5 Å². The number of aromatic nitrogens is 1. The van der Waals surface area contributed by atoms with Crippen molar-refractivity contribution in [2.75, 3.05) is 13.1 Å². The van der Waals surface area contributed by atoms with Crippen molar-refractivity contribution >= 4 is 23.3 Å². The first-order valence-corrected chi connectivity index (χ1v) is 9.89. The molecule has 1 amide bonds. The van der Waals surface area contributed by atoms with Gasteiger partial charge in [-0.3, -0.25) is 14.6 Å². The van der Waals surface area contributed by atoms with E-state index in [-0.39, 0.29) is 11.8 Å². The van der Waals surface area contributed by atoms with Crippen LogP contribution in [0.2, 0.25) is 0 Å². The van der Waals surface area contributed by atoms with Crippen LogP contribution in [0.15, 0.2) is 18.2 Å². The number of rotatable bonds is 5. The third kappa shape index (κ3) is 3.02. The van der Waals surface area contributed by atoms with Gasteiger partial charge in [-0.15, -0.1) is 0 Å². The van der Waals surface area contributed by atoms with Gasteiger partial charge in [0, 0.05) is 49.0 Å². The minimum atomic E-state index is 0.280. The van der Waals surface area contributed by atoms with Crippen LogP contribution < -0.4 is 0 Å². The first-order chi connectivity index (χ1) is 12.7. The lowest BCUT2D eigenvalue weighted by molar-refractivity contribution is -0.132. The minimum Gasteiger partial charge on any atom is -0.338 e. The van der Waals surface area contributed by atoms with Gasteiger partial charge in [-0.25, -0.2) is 0 Å². The Kier molecular flexibility index (Phi) is 3.80. The highest BCUT2D eigenvalue weighted by atomic mass is 16.2. The van der Waals surface area contributed by atoms with Gasteiger partial charge in [0.15, 0.2) is 0 Å². The average molecular weight is 348 g/mol. The van der Waals surface area contributed by atoms with Crippen molar-refractivity contribution in [2.24, 2.45) is 11.8 Å². The Balaban J connectivity index is 1.40. The largest absolute Gasteiger partial charge is 0.338 e. The Morgan fingerprint density at radius 3 is 2.65 bits per heavy atom. The van der Waals surface area contributed by atoms with Crippen LogP contribution in [0.5, 0.6) is 0 Å². The topological polar surface area (TPSA) is 50.3 Å². The SMILES string of the molecule is O=C(Cc1cc(C2=CCN(C(=O)C3CC3)CC2)c2c(n1)CC=C2)C1CC1. The molecule has 1 aromatic heterocycles. The Hall–Kier alpha value is -2.23. The highest BCUT2D eigenvalue weighted by Crippen LogP contribution is 2.35. The molecule has 0 spiro atoms. The van der Waals surface area contributed by atoms with E-state index in [1.807, 2.05) is 4.90 Å². The molecule has 4 heteroatoms. The van der Waals surface area contributed by atoms with Crippen molar-refractivity contribution in [1.82, 2.24) is 9.88 Å². The molecule has 0 radical (unpaired) electrons. The van der Waals surface area contributed by atoms with Gasteiger partial charge in [0.1, 0.15) is 5.78 Å². The lowest BCUT2D eigenvalue weighted by Gasteiger charge is -2.27. The number of allylic oxidation sites excluding steroid dienone is 1. The molecule has 0 saturated heterocycles. The molecule has 26 heavy (non-hydrogen) atoms. The zero-order valence-corrected chi connectivity index (χ0v) is 15.0. The molecule has 0 unspecified atom stereocenters. The van der Waals surface area contributed by atoms with E-state index in [1.54, 1.807) is 0 Å². The molecule has 5 rings (SSSR count). The second-order valence-corrected chi connectivity index (χ2v) is 8.08. The molecule has 4 aliphatic rings. The first kappa shape index (κ1) is 16.0. The quantitative estimate of drug-likeness (QED) is 0.821. The number of carbonyl (C=O) groups is 2. The molecule has 4 nitrogen and oxygen atoms in total. The Bertz CT molecular complexity index is 844. The van der Waals surface area contributed by atoms with Crippen LogP contribution in [0, 0.1) is 11.8 Å². The summed E-state index contributed by atoms with van der Waals surface area (Å²) in [6, 6.07) is 2.12. The van der Waals surface area contributed by atoms with Crippen LogP contribution in [-0.2, 0) is 22.4 Å². The molecular formula is C22H24N2O2. The van der Waals surface area contributed by atoms with Crippen molar-refractivity contribution in [3.05, 3.63) is 40.7 Å². The second-order valence-electron chi connectivity index (χ2n) is 8.08. The number of hydrogen-bond acceptors (Lipinski definition) is 3. The summed E-state index contributed by atoms with van der Waals surface area (Å²) in [5.74, 6) is 1.24. The van der Waals surface area contributed by atoms with Crippen molar-refractivity contribution in [3.8, 4) is 0 Å². The van der Waals surface area contributed by atoms with E-state index in [2.05, 4.69) is 24.3 Å². The summed E-state index contributed by atoms with van der Waals surface area (Å²) in [7, 11) is 0. The minimum absolute atomic E-state index is 0.280. The predicted octanol–water partition coefficient (Wildman–Crippen LogP) is 3.20. The predicted molar refractivity (Wildman–Crippen MR) is 100 cm³/mol. The van der Waals surface area contributed by atoms with Crippen LogP contribution in [0.25, 0.3) is 11.6 Å². The third-order valence-corrected chi connectivity index (χ3v) is 5.97. The molecule has 0 N–H and O–H groups in total. The molecule has 2 heterocycles. The first-order valence-electron chi connectivity index (χ1n) is 9.89. The van der Waals surface area contributed by atoms with Gasteiger partial charge in [0.05, 0.1) is 5.69 Å². The Morgan fingerprint density at radius 2 is 1.96 bits per heavy atom. The maximum atomic E-state index is 12.3. The fraction of sp³-hybridized carbons (Fsp3) is 0.500. The second kappa shape index (κ2) is 6.19. The summed E-state index contributed by atoms with van der Waals surface area (Å²) in [5.41, 5.74) is 5.74. The molecule has 0 bridgehead atoms. The van der Waals surface area contributed by atoms with Crippen LogP contribution in [0.1, 0.15) is 54.6 Å².